The summed E-state index contributed by atoms with van der Waals surface area (Å²) in [6.07, 6.45) is 0.247. The van der Waals surface area contributed by atoms with E-state index in [1.54, 1.807) is 0 Å². The van der Waals surface area contributed by atoms with E-state index in [4.69, 9.17) is 16.2 Å². The largest absolute Gasteiger partial charge is 0.480 e. The number of amides is 3. The van der Waals surface area contributed by atoms with E-state index >= 15 is 0 Å². The summed E-state index contributed by atoms with van der Waals surface area (Å²) < 4.78 is 5.66. The van der Waals surface area contributed by atoms with E-state index in [0.717, 1.165) is 22.3 Å². The van der Waals surface area contributed by atoms with Crippen molar-refractivity contribution in [1.82, 2.24) is 16.0 Å². The Morgan fingerprint density at radius 3 is 1.78 bits per heavy atom. The fourth-order valence-corrected chi connectivity index (χ4v) is 5.49. The molecule has 1 aliphatic carbocycles. The number of aliphatic imine (C=N–C) groups is 1. The van der Waals surface area contributed by atoms with Crippen LogP contribution >= 0.6 is 0 Å². The molecule has 2 aromatic carbocycles. The summed E-state index contributed by atoms with van der Waals surface area (Å²) in [5.41, 5.74) is 15.0. The van der Waals surface area contributed by atoms with E-state index < -0.39 is 42.0 Å². The van der Waals surface area contributed by atoms with Crippen LogP contribution in [0.2, 0.25) is 0 Å². The molecular formula is C33H46N6O6. The number of nitrogens with two attached hydrogens (primary N) is 2. The number of hydrogen-bond donors (Lipinski definition) is 6. The van der Waals surface area contributed by atoms with Crippen LogP contribution < -0.4 is 27.4 Å². The highest BCUT2D eigenvalue weighted by molar-refractivity contribution is 5.93. The predicted octanol–water partition coefficient (Wildman–Crippen LogP) is 3.09. The van der Waals surface area contributed by atoms with Crippen molar-refractivity contribution in [2.24, 2.45) is 28.3 Å². The number of rotatable bonds is 16. The van der Waals surface area contributed by atoms with Crippen LogP contribution in [0.1, 0.15) is 70.4 Å². The van der Waals surface area contributed by atoms with Gasteiger partial charge in [0.25, 0.3) is 0 Å². The standard InChI is InChI=1S/C33H46N6O6/c1-19(2)16-27(29(40)37-26(31(42)43)14-9-15-36-32(34)35)38-30(41)28(17-20(3)4)39-33(44)45-18-25-23-12-7-5-10-21(23)22-11-6-8-13-24(22)25/h5-8,10-13,19-20,25-28H,9,14-18H2,1-4H3,(H,37,40)(H,38,41)(H,39,44)(H,42,43)(H4,34,35,36)/t26-,27-,28+/m0/s1. The molecule has 244 valence electrons. The Kier molecular flexibility index (Phi) is 12.8. The van der Waals surface area contributed by atoms with Crippen LogP contribution in [0.3, 0.4) is 0 Å². The summed E-state index contributed by atoms with van der Waals surface area (Å²) in [5.74, 6) is -2.60. The number of benzene rings is 2. The summed E-state index contributed by atoms with van der Waals surface area (Å²) in [6.45, 7) is 7.91. The molecule has 0 saturated carbocycles. The minimum absolute atomic E-state index is 0.00448. The van der Waals surface area contributed by atoms with Gasteiger partial charge in [0.2, 0.25) is 11.8 Å². The lowest BCUT2D eigenvalue weighted by molar-refractivity contribution is -0.142. The number of aliphatic carboxylic acids is 1. The number of nitrogens with one attached hydrogen (secondary N) is 3. The van der Waals surface area contributed by atoms with Gasteiger partial charge in [0.1, 0.15) is 24.7 Å². The molecule has 3 atom stereocenters. The zero-order chi connectivity index (χ0) is 33.1. The number of nitrogens with zero attached hydrogens (tertiary/aromatic N) is 1. The molecule has 2 aromatic rings. The molecule has 0 bridgehead atoms. The molecular weight excluding hydrogens is 576 g/mol. The first-order chi connectivity index (χ1) is 21.4. The Hall–Kier alpha value is -4.61. The van der Waals surface area contributed by atoms with Crippen molar-refractivity contribution >= 4 is 29.8 Å². The first-order valence-corrected chi connectivity index (χ1v) is 15.4. The minimum Gasteiger partial charge on any atom is -0.480 e. The molecule has 3 amide bonds. The highest BCUT2D eigenvalue weighted by atomic mass is 16.5. The van der Waals surface area contributed by atoms with Crippen molar-refractivity contribution in [1.29, 1.82) is 0 Å². The second-order valence-corrected chi connectivity index (χ2v) is 12.2. The van der Waals surface area contributed by atoms with Crippen molar-refractivity contribution < 1.29 is 29.0 Å². The van der Waals surface area contributed by atoms with Crippen molar-refractivity contribution in [2.75, 3.05) is 13.2 Å². The molecule has 0 radical (unpaired) electrons. The van der Waals surface area contributed by atoms with Gasteiger partial charge in [-0.15, -0.1) is 0 Å². The number of carboxylic acids is 1. The molecule has 0 heterocycles. The van der Waals surface area contributed by atoms with E-state index in [-0.39, 0.29) is 49.7 Å². The Bertz CT molecular complexity index is 1330. The third-order valence-electron chi connectivity index (χ3n) is 7.56. The minimum atomic E-state index is -1.21. The van der Waals surface area contributed by atoms with E-state index in [2.05, 4.69) is 20.9 Å². The molecule has 0 fully saturated rings. The normalized spacial score (nSPS) is 14.1. The zero-order valence-corrected chi connectivity index (χ0v) is 26.4. The number of hydrogen-bond acceptors (Lipinski definition) is 6. The van der Waals surface area contributed by atoms with Gasteiger partial charge in [0.15, 0.2) is 5.96 Å². The first-order valence-electron chi connectivity index (χ1n) is 15.4. The van der Waals surface area contributed by atoms with Gasteiger partial charge in [-0.1, -0.05) is 76.2 Å². The molecule has 0 unspecified atom stereocenters. The first kappa shape index (κ1) is 34.9. The lowest BCUT2D eigenvalue weighted by Gasteiger charge is -2.26. The number of carbonyl (C=O) groups is 4. The van der Waals surface area contributed by atoms with Crippen LogP contribution in [0, 0.1) is 11.8 Å². The van der Waals surface area contributed by atoms with Gasteiger partial charge in [-0.25, -0.2) is 9.59 Å². The van der Waals surface area contributed by atoms with E-state index in [0.29, 0.717) is 12.8 Å². The molecule has 45 heavy (non-hydrogen) atoms. The molecule has 0 aliphatic heterocycles. The smallest absolute Gasteiger partial charge is 0.407 e. The van der Waals surface area contributed by atoms with Crippen LogP contribution in [0.25, 0.3) is 11.1 Å². The van der Waals surface area contributed by atoms with Crippen LogP contribution in [-0.4, -0.2) is 66.2 Å². The molecule has 0 saturated heterocycles. The van der Waals surface area contributed by atoms with E-state index in [1.807, 2.05) is 76.2 Å². The van der Waals surface area contributed by atoms with Crippen molar-refractivity contribution in [2.45, 2.75) is 77.4 Å². The molecule has 1 aliphatic rings. The lowest BCUT2D eigenvalue weighted by Crippen LogP contribution is -2.56. The molecule has 12 heteroatoms. The van der Waals surface area contributed by atoms with Gasteiger partial charge >= 0.3 is 12.1 Å². The summed E-state index contributed by atoms with van der Waals surface area (Å²) in [7, 11) is 0. The van der Waals surface area contributed by atoms with Crippen LogP contribution in [0.5, 0.6) is 0 Å². The SMILES string of the molecule is CC(C)C[C@H](NC(=O)[C@@H](CC(C)C)NC(=O)OCC1c2ccccc2-c2ccccc21)C(=O)N[C@@H](CCCN=C(N)N)C(=O)O. The van der Waals surface area contributed by atoms with Crippen LogP contribution in [0.15, 0.2) is 53.5 Å². The maximum absolute atomic E-state index is 13.5. The predicted molar refractivity (Wildman–Crippen MR) is 172 cm³/mol. The lowest BCUT2D eigenvalue weighted by atomic mass is 9.98. The van der Waals surface area contributed by atoms with E-state index in [9.17, 15) is 24.3 Å². The second kappa shape index (κ2) is 16.5. The monoisotopic (exact) mass is 622 g/mol. The zero-order valence-electron chi connectivity index (χ0n) is 26.4. The van der Waals surface area contributed by atoms with Gasteiger partial charge in [0, 0.05) is 12.5 Å². The summed E-state index contributed by atoms with van der Waals surface area (Å²) in [6, 6.07) is 12.8. The highest BCUT2D eigenvalue weighted by Crippen LogP contribution is 2.44. The van der Waals surface area contributed by atoms with Crippen molar-refractivity contribution in [3.05, 3.63) is 59.7 Å². The molecule has 0 aromatic heterocycles. The van der Waals surface area contributed by atoms with Crippen LogP contribution in [-0.2, 0) is 19.1 Å². The molecule has 12 nitrogen and oxygen atoms in total. The summed E-state index contributed by atoms with van der Waals surface area (Å²) in [4.78, 5) is 55.4. The maximum Gasteiger partial charge on any atom is 0.407 e. The fourth-order valence-electron chi connectivity index (χ4n) is 5.49. The highest BCUT2D eigenvalue weighted by Gasteiger charge is 2.32. The van der Waals surface area contributed by atoms with Crippen molar-refractivity contribution in [3.8, 4) is 11.1 Å². The Balaban J connectivity index is 1.66. The third-order valence-corrected chi connectivity index (χ3v) is 7.56. The topological polar surface area (TPSA) is 198 Å². The number of guanidine groups is 1. The maximum atomic E-state index is 13.5. The average molecular weight is 623 g/mol. The van der Waals surface area contributed by atoms with Gasteiger partial charge < -0.3 is 37.3 Å². The van der Waals surface area contributed by atoms with E-state index in [1.165, 1.54) is 0 Å². The van der Waals surface area contributed by atoms with Gasteiger partial charge in [-0.2, -0.15) is 0 Å². The van der Waals surface area contributed by atoms with Crippen molar-refractivity contribution in [3.63, 3.8) is 0 Å². The number of alkyl carbamates (subject to hydrolysis) is 1. The second-order valence-electron chi connectivity index (χ2n) is 12.2. The number of fused-ring (bicyclic) bond motifs is 3. The Morgan fingerprint density at radius 2 is 1.29 bits per heavy atom. The molecule has 3 rings (SSSR count). The van der Waals surface area contributed by atoms with Crippen LogP contribution in [0.4, 0.5) is 4.79 Å². The van der Waals surface area contributed by atoms with Gasteiger partial charge in [-0.3, -0.25) is 14.6 Å². The quantitative estimate of drug-likeness (QED) is 0.0932. The Labute approximate surface area is 264 Å². The number of carbonyl (C=O) groups excluding carboxylic acids is 3. The summed E-state index contributed by atoms with van der Waals surface area (Å²) in [5, 5.41) is 17.6. The Morgan fingerprint density at radius 1 is 0.800 bits per heavy atom. The third kappa shape index (κ3) is 10.2. The molecule has 0 spiro atoms. The number of carboxylic acid groups (broad SMARTS) is 1. The summed E-state index contributed by atoms with van der Waals surface area (Å²) >= 11 is 0. The van der Waals surface area contributed by atoms with Gasteiger partial charge in [0.05, 0.1) is 0 Å². The average Bonchev–Trinajstić information content (AvgIpc) is 3.29. The number of ether oxygens (including phenoxy) is 1. The fraction of sp³-hybridized carbons (Fsp3) is 0.485. The molecule has 8 N–H and O–H groups in total. The van der Waals surface area contributed by atoms with Gasteiger partial charge in [-0.05, 0) is 59.8 Å².